The van der Waals surface area contributed by atoms with Crippen molar-refractivity contribution in [2.45, 2.75) is 44.1 Å². The van der Waals surface area contributed by atoms with Gasteiger partial charge in [0.15, 0.2) is 0 Å². The molecule has 1 unspecified atom stereocenters. The summed E-state index contributed by atoms with van der Waals surface area (Å²) in [6.45, 7) is 3.02. The lowest BCUT2D eigenvalue weighted by atomic mass is 9.78. The molecule has 0 aliphatic heterocycles. The van der Waals surface area contributed by atoms with E-state index in [1.165, 1.54) is 31.2 Å². The third-order valence-electron chi connectivity index (χ3n) is 5.54. The van der Waals surface area contributed by atoms with Crippen molar-refractivity contribution in [2.75, 3.05) is 6.54 Å². The summed E-state index contributed by atoms with van der Waals surface area (Å²) >= 11 is 0. The molecule has 4 nitrogen and oxygen atoms in total. The molecule has 1 fully saturated rings. The third kappa shape index (κ3) is 3.42. The van der Waals surface area contributed by atoms with Crippen molar-refractivity contribution in [1.29, 1.82) is 0 Å². The Balaban J connectivity index is 1.46. The van der Waals surface area contributed by atoms with E-state index in [2.05, 4.69) is 52.7 Å². The van der Waals surface area contributed by atoms with Gasteiger partial charge in [-0.1, -0.05) is 78.7 Å². The molecule has 4 rings (SSSR count). The van der Waals surface area contributed by atoms with Crippen LogP contribution in [0.15, 0.2) is 65.2 Å². The lowest BCUT2D eigenvalue weighted by Crippen LogP contribution is -2.37. The highest BCUT2D eigenvalue weighted by atomic mass is 16.5. The second-order valence-corrected chi connectivity index (χ2v) is 7.28. The van der Waals surface area contributed by atoms with Crippen LogP contribution in [0, 0.1) is 0 Å². The van der Waals surface area contributed by atoms with Crippen LogP contribution < -0.4 is 5.32 Å². The Labute approximate surface area is 154 Å². The van der Waals surface area contributed by atoms with Crippen molar-refractivity contribution in [3.63, 3.8) is 0 Å². The third-order valence-corrected chi connectivity index (χ3v) is 5.54. The standard InChI is InChI=1S/C22H25N3O/c1-17(21-24-20(25-26-21)18-10-4-2-5-11-18)23-16-22(14-8-9-15-22)19-12-6-3-7-13-19/h2-7,10-13,17,23H,8-9,14-16H2,1H3. The number of hydrogen-bond acceptors (Lipinski definition) is 4. The maximum absolute atomic E-state index is 5.51. The van der Waals surface area contributed by atoms with Gasteiger partial charge in [-0.2, -0.15) is 4.98 Å². The van der Waals surface area contributed by atoms with Gasteiger partial charge in [0.2, 0.25) is 11.7 Å². The Morgan fingerprint density at radius 3 is 2.35 bits per heavy atom. The summed E-state index contributed by atoms with van der Waals surface area (Å²) in [5, 5.41) is 7.79. The van der Waals surface area contributed by atoms with Gasteiger partial charge >= 0.3 is 0 Å². The van der Waals surface area contributed by atoms with Gasteiger partial charge in [-0.15, -0.1) is 0 Å². The maximum Gasteiger partial charge on any atom is 0.243 e. The topological polar surface area (TPSA) is 51.0 Å². The smallest absolute Gasteiger partial charge is 0.243 e. The van der Waals surface area contributed by atoms with Crippen molar-refractivity contribution in [2.24, 2.45) is 0 Å². The van der Waals surface area contributed by atoms with Crippen molar-refractivity contribution in [3.05, 3.63) is 72.1 Å². The van der Waals surface area contributed by atoms with E-state index in [1.54, 1.807) is 0 Å². The summed E-state index contributed by atoms with van der Waals surface area (Å²) in [6, 6.07) is 20.9. The van der Waals surface area contributed by atoms with Crippen LogP contribution in [-0.2, 0) is 5.41 Å². The summed E-state index contributed by atoms with van der Waals surface area (Å²) in [5.41, 5.74) is 2.64. The average molecular weight is 347 g/mol. The van der Waals surface area contributed by atoms with Gasteiger partial charge < -0.3 is 9.84 Å². The molecule has 1 aliphatic rings. The Morgan fingerprint density at radius 2 is 1.65 bits per heavy atom. The minimum absolute atomic E-state index is 0.0288. The maximum atomic E-state index is 5.51. The Kier molecular flexibility index (Phi) is 4.85. The predicted octanol–water partition coefficient (Wildman–Crippen LogP) is 4.90. The lowest BCUT2D eigenvalue weighted by Gasteiger charge is -2.31. The van der Waals surface area contributed by atoms with Crippen LogP contribution in [0.3, 0.4) is 0 Å². The van der Waals surface area contributed by atoms with Crippen LogP contribution in [0.4, 0.5) is 0 Å². The Bertz CT molecular complexity index is 823. The van der Waals surface area contributed by atoms with E-state index in [0.717, 1.165) is 12.1 Å². The highest BCUT2D eigenvalue weighted by Crippen LogP contribution is 2.40. The molecule has 1 atom stereocenters. The number of nitrogens with zero attached hydrogens (tertiary/aromatic N) is 2. The summed E-state index contributed by atoms with van der Waals surface area (Å²) in [7, 11) is 0. The molecule has 26 heavy (non-hydrogen) atoms. The van der Waals surface area contributed by atoms with E-state index in [1.807, 2.05) is 30.3 Å². The molecule has 0 saturated heterocycles. The lowest BCUT2D eigenvalue weighted by molar-refractivity contribution is 0.315. The summed E-state index contributed by atoms with van der Waals surface area (Å²) in [4.78, 5) is 4.58. The van der Waals surface area contributed by atoms with Crippen LogP contribution >= 0.6 is 0 Å². The molecule has 1 saturated carbocycles. The first-order valence-electron chi connectivity index (χ1n) is 9.45. The molecule has 0 bridgehead atoms. The molecule has 1 aromatic heterocycles. The van der Waals surface area contributed by atoms with Gasteiger partial charge in [0.1, 0.15) is 0 Å². The molecule has 2 aromatic carbocycles. The van der Waals surface area contributed by atoms with Crippen molar-refractivity contribution in [1.82, 2.24) is 15.5 Å². The van der Waals surface area contributed by atoms with E-state index in [-0.39, 0.29) is 11.5 Å². The number of benzene rings is 2. The van der Waals surface area contributed by atoms with Gasteiger partial charge in [-0.25, -0.2) is 0 Å². The molecular weight excluding hydrogens is 322 g/mol. The van der Waals surface area contributed by atoms with Crippen molar-refractivity contribution in [3.8, 4) is 11.4 Å². The summed E-state index contributed by atoms with van der Waals surface area (Å²) in [6.07, 6.45) is 5.05. The zero-order valence-electron chi connectivity index (χ0n) is 15.2. The molecule has 0 amide bonds. The SMILES string of the molecule is CC(NCC1(c2ccccc2)CCCC1)c1nc(-c2ccccc2)no1. The van der Waals surface area contributed by atoms with Gasteiger partial charge in [-0.3, -0.25) is 0 Å². The molecule has 0 spiro atoms. The van der Waals surface area contributed by atoms with Gasteiger partial charge in [-0.05, 0) is 25.3 Å². The average Bonchev–Trinajstić information content (AvgIpc) is 3.38. The van der Waals surface area contributed by atoms with Crippen LogP contribution in [0.1, 0.15) is 50.1 Å². The van der Waals surface area contributed by atoms with Gasteiger partial charge in [0.05, 0.1) is 6.04 Å². The van der Waals surface area contributed by atoms with Crippen LogP contribution in [0.25, 0.3) is 11.4 Å². The highest BCUT2D eigenvalue weighted by Gasteiger charge is 2.35. The van der Waals surface area contributed by atoms with E-state index >= 15 is 0 Å². The normalized spacial score (nSPS) is 17.3. The fourth-order valence-electron chi connectivity index (χ4n) is 3.96. The monoisotopic (exact) mass is 347 g/mol. The number of hydrogen-bond donors (Lipinski definition) is 1. The Morgan fingerprint density at radius 1 is 1.00 bits per heavy atom. The molecule has 1 heterocycles. The molecular formula is C22H25N3O. The van der Waals surface area contributed by atoms with Crippen molar-refractivity contribution < 1.29 is 4.52 Å². The zero-order valence-corrected chi connectivity index (χ0v) is 15.2. The summed E-state index contributed by atoms with van der Waals surface area (Å²) in [5.74, 6) is 1.29. The quantitative estimate of drug-likeness (QED) is 0.689. The zero-order chi connectivity index (χ0) is 17.8. The first-order chi connectivity index (χ1) is 12.8. The Hall–Kier alpha value is -2.46. The molecule has 4 heteroatoms. The predicted molar refractivity (Wildman–Crippen MR) is 103 cm³/mol. The second-order valence-electron chi connectivity index (χ2n) is 7.28. The fraction of sp³-hybridized carbons (Fsp3) is 0.364. The number of aromatic nitrogens is 2. The van der Waals surface area contributed by atoms with Crippen molar-refractivity contribution >= 4 is 0 Å². The van der Waals surface area contributed by atoms with Gasteiger partial charge in [0.25, 0.3) is 0 Å². The minimum Gasteiger partial charge on any atom is -0.337 e. The minimum atomic E-state index is 0.0288. The first kappa shape index (κ1) is 17.0. The van der Waals surface area contributed by atoms with E-state index in [9.17, 15) is 0 Å². The first-order valence-corrected chi connectivity index (χ1v) is 9.45. The van der Waals surface area contributed by atoms with E-state index in [4.69, 9.17) is 4.52 Å². The number of rotatable bonds is 6. The largest absolute Gasteiger partial charge is 0.337 e. The number of nitrogens with one attached hydrogen (secondary N) is 1. The van der Waals surface area contributed by atoms with Crippen LogP contribution in [-0.4, -0.2) is 16.7 Å². The molecule has 0 radical (unpaired) electrons. The molecule has 3 aromatic rings. The van der Waals surface area contributed by atoms with E-state index in [0.29, 0.717) is 11.7 Å². The molecule has 1 N–H and O–H groups in total. The van der Waals surface area contributed by atoms with E-state index < -0.39 is 0 Å². The highest BCUT2D eigenvalue weighted by molar-refractivity contribution is 5.53. The van der Waals surface area contributed by atoms with Crippen LogP contribution in [0.5, 0.6) is 0 Å². The second kappa shape index (κ2) is 7.42. The molecule has 134 valence electrons. The van der Waals surface area contributed by atoms with Gasteiger partial charge in [0, 0.05) is 17.5 Å². The van der Waals surface area contributed by atoms with Crippen LogP contribution in [0.2, 0.25) is 0 Å². The molecule has 1 aliphatic carbocycles. The fourth-order valence-corrected chi connectivity index (χ4v) is 3.96. The summed E-state index contributed by atoms with van der Waals surface area (Å²) < 4.78 is 5.51.